The van der Waals surface area contributed by atoms with Gasteiger partial charge in [0.2, 0.25) is 0 Å². The summed E-state index contributed by atoms with van der Waals surface area (Å²) >= 11 is 6.95. The monoisotopic (exact) mass is 459 g/mol. The minimum atomic E-state index is -0.342. The molecule has 0 aliphatic rings. The standard InChI is InChI=1S/C20H15Br2NO2/c1-25-20(24)14-2-8-17(9-3-14)23(18-10-4-15(21)5-11-18)19-12-6-16(22)7-13-19/h2-13H,1H3. The quantitative estimate of drug-likeness (QED) is 0.418. The van der Waals surface area contributed by atoms with E-state index >= 15 is 0 Å². The molecule has 0 aliphatic carbocycles. The number of hydrogen-bond donors (Lipinski definition) is 0. The molecule has 126 valence electrons. The molecule has 0 radical (unpaired) electrons. The molecule has 0 heterocycles. The fraction of sp³-hybridized carbons (Fsp3) is 0.0500. The fourth-order valence-corrected chi connectivity index (χ4v) is 3.02. The van der Waals surface area contributed by atoms with E-state index in [0.717, 1.165) is 26.0 Å². The Morgan fingerprint density at radius 1 is 0.720 bits per heavy atom. The largest absolute Gasteiger partial charge is 0.465 e. The van der Waals surface area contributed by atoms with Crippen molar-refractivity contribution in [2.24, 2.45) is 0 Å². The predicted molar refractivity (Wildman–Crippen MR) is 108 cm³/mol. The van der Waals surface area contributed by atoms with E-state index in [-0.39, 0.29) is 5.97 Å². The maximum absolute atomic E-state index is 11.7. The molecule has 25 heavy (non-hydrogen) atoms. The van der Waals surface area contributed by atoms with E-state index in [9.17, 15) is 4.79 Å². The van der Waals surface area contributed by atoms with Crippen molar-refractivity contribution in [1.82, 2.24) is 0 Å². The van der Waals surface area contributed by atoms with Crippen LogP contribution in [0.5, 0.6) is 0 Å². The molecule has 0 aliphatic heterocycles. The van der Waals surface area contributed by atoms with Crippen LogP contribution in [0, 0.1) is 0 Å². The van der Waals surface area contributed by atoms with Crippen molar-refractivity contribution in [3.05, 3.63) is 87.3 Å². The van der Waals surface area contributed by atoms with E-state index in [1.54, 1.807) is 12.1 Å². The Labute approximate surface area is 163 Å². The second kappa shape index (κ2) is 7.85. The summed E-state index contributed by atoms with van der Waals surface area (Å²) in [5.74, 6) is -0.342. The van der Waals surface area contributed by atoms with Crippen LogP contribution in [0.15, 0.2) is 81.7 Å². The van der Waals surface area contributed by atoms with Gasteiger partial charge in [0.15, 0.2) is 0 Å². The molecule has 3 aromatic rings. The topological polar surface area (TPSA) is 29.5 Å². The van der Waals surface area contributed by atoms with Crippen LogP contribution in [0.1, 0.15) is 10.4 Å². The zero-order valence-corrected chi connectivity index (χ0v) is 16.6. The zero-order valence-electron chi connectivity index (χ0n) is 13.4. The molecular formula is C20H15Br2NO2. The van der Waals surface area contributed by atoms with Gasteiger partial charge < -0.3 is 9.64 Å². The first-order chi connectivity index (χ1) is 12.1. The number of hydrogen-bond acceptors (Lipinski definition) is 3. The van der Waals surface area contributed by atoms with Crippen LogP contribution < -0.4 is 4.90 Å². The molecule has 3 nitrogen and oxygen atoms in total. The number of benzene rings is 3. The predicted octanol–water partition coefficient (Wildman–Crippen LogP) is 6.47. The summed E-state index contributed by atoms with van der Waals surface area (Å²) in [5.41, 5.74) is 3.53. The van der Waals surface area contributed by atoms with E-state index in [1.807, 2.05) is 60.7 Å². The van der Waals surface area contributed by atoms with Gasteiger partial charge in [-0.3, -0.25) is 0 Å². The highest BCUT2D eigenvalue weighted by Crippen LogP contribution is 2.35. The van der Waals surface area contributed by atoms with Crippen LogP contribution >= 0.6 is 31.9 Å². The van der Waals surface area contributed by atoms with Gasteiger partial charge in [-0.05, 0) is 72.8 Å². The molecule has 0 saturated heterocycles. The lowest BCUT2D eigenvalue weighted by Gasteiger charge is -2.25. The smallest absolute Gasteiger partial charge is 0.337 e. The van der Waals surface area contributed by atoms with Gasteiger partial charge in [-0.2, -0.15) is 0 Å². The van der Waals surface area contributed by atoms with Crippen LogP contribution in [0.4, 0.5) is 17.1 Å². The zero-order chi connectivity index (χ0) is 17.8. The summed E-state index contributed by atoms with van der Waals surface area (Å²) in [5, 5.41) is 0. The molecule has 0 spiro atoms. The van der Waals surface area contributed by atoms with E-state index < -0.39 is 0 Å². The Balaban J connectivity index is 2.05. The maximum atomic E-state index is 11.7. The van der Waals surface area contributed by atoms with Gasteiger partial charge in [0.1, 0.15) is 0 Å². The summed E-state index contributed by atoms with van der Waals surface area (Å²) in [6.07, 6.45) is 0. The van der Waals surface area contributed by atoms with Gasteiger partial charge in [0.05, 0.1) is 12.7 Å². The van der Waals surface area contributed by atoms with Crippen molar-refractivity contribution >= 4 is 54.9 Å². The highest BCUT2D eigenvalue weighted by molar-refractivity contribution is 9.10. The Bertz CT molecular complexity index is 814. The third kappa shape index (κ3) is 4.11. The molecule has 0 unspecified atom stereocenters. The van der Waals surface area contributed by atoms with Crippen molar-refractivity contribution in [3.8, 4) is 0 Å². The molecular weight excluding hydrogens is 446 g/mol. The van der Waals surface area contributed by atoms with Crippen LogP contribution in [-0.4, -0.2) is 13.1 Å². The van der Waals surface area contributed by atoms with Crippen molar-refractivity contribution in [3.63, 3.8) is 0 Å². The highest BCUT2D eigenvalue weighted by Gasteiger charge is 2.13. The SMILES string of the molecule is COC(=O)c1ccc(N(c2ccc(Br)cc2)c2ccc(Br)cc2)cc1. The Kier molecular flexibility index (Phi) is 5.56. The van der Waals surface area contributed by atoms with Crippen molar-refractivity contribution in [1.29, 1.82) is 0 Å². The minimum absolute atomic E-state index is 0.342. The summed E-state index contributed by atoms with van der Waals surface area (Å²) in [6.45, 7) is 0. The second-order valence-electron chi connectivity index (χ2n) is 5.33. The van der Waals surface area contributed by atoms with Crippen LogP contribution in [0.2, 0.25) is 0 Å². The Hall–Kier alpha value is -2.11. The van der Waals surface area contributed by atoms with E-state index in [0.29, 0.717) is 5.56 Å². The lowest BCUT2D eigenvalue weighted by Crippen LogP contribution is -2.10. The number of rotatable bonds is 4. The first-order valence-electron chi connectivity index (χ1n) is 7.58. The van der Waals surface area contributed by atoms with Crippen molar-refractivity contribution in [2.45, 2.75) is 0 Å². The van der Waals surface area contributed by atoms with Crippen LogP contribution in [-0.2, 0) is 4.74 Å². The molecule has 0 N–H and O–H groups in total. The molecule has 0 amide bonds. The van der Waals surface area contributed by atoms with Crippen LogP contribution in [0.3, 0.4) is 0 Å². The second-order valence-corrected chi connectivity index (χ2v) is 7.16. The Morgan fingerprint density at radius 2 is 1.08 bits per heavy atom. The summed E-state index contributed by atoms with van der Waals surface area (Å²) < 4.78 is 6.81. The van der Waals surface area contributed by atoms with E-state index in [4.69, 9.17) is 4.74 Å². The normalized spacial score (nSPS) is 10.4. The van der Waals surface area contributed by atoms with Gasteiger partial charge in [0.25, 0.3) is 0 Å². The number of ether oxygens (including phenoxy) is 1. The van der Waals surface area contributed by atoms with Gasteiger partial charge >= 0.3 is 5.97 Å². The average Bonchev–Trinajstić information content (AvgIpc) is 2.65. The van der Waals surface area contributed by atoms with E-state index in [1.165, 1.54) is 7.11 Å². The van der Waals surface area contributed by atoms with Crippen LogP contribution in [0.25, 0.3) is 0 Å². The third-order valence-electron chi connectivity index (χ3n) is 3.72. The molecule has 0 bridgehead atoms. The van der Waals surface area contributed by atoms with Crippen molar-refractivity contribution < 1.29 is 9.53 Å². The number of anilines is 3. The number of carbonyl (C=O) groups is 1. The molecule has 3 rings (SSSR count). The van der Waals surface area contributed by atoms with Gasteiger partial charge in [-0.1, -0.05) is 31.9 Å². The maximum Gasteiger partial charge on any atom is 0.337 e. The van der Waals surface area contributed by atoms with Gasteiger partial charge in [0, 0.05) is 26.0 Å². The molecule has 0 aromatic heterocycles. The lowest BCUT2D eigenvalue weighted by molar-refractivity contribution is 0.0601. The number of halogens is 2. The summed E-state index contributed by atoms with van der Waals surface area (Å²) in [7, 11) is 1.38. The number of esters is 1. The lowest BCUT2D eigenvalue weighted by atomic mass is 10.1. The summed E-state index contributed by atoms with van der Waals surface area (Å²) in [4.78, 5) is 13.8. The summed E-state index contributed by atoms with van der Waals surface area (Å²) in [6, 6.07) is 23.5. The fourth-order valence-electron chi connectivity index (χ4n) is 2.49. The molecule has 0 atom stereocenters. The average molecular weight is 461 g/mol. The van der Waals surface area contributed by atoms with Crippen molar-refractivity contribution in [2.75, 3.05) is 12.0 Å². The molecule has 3 aromatic carbocycles. The molecule has 5 heteroatoms. The van der Waals surface area contributed by atoms with Gasteiger partial charge in [-0.15, -0.1) is 0 Å². The first kappa shape index (κ1) is 17.7. The first-order valence-corrected chi connectivity index (χ1v) is 9.17. The molecule has 0 saturated carbocycles. The van der Waals surface area contributed by atoms with E-state index in [2.05, 4.69) is 36.8 Å². The number of nitrogens with zero attached hydrogens (tertiary/aromatic N) is 1. The van der Waals surface area contributed by atoms with Gasteiger partial charge in [-0.25, -0.2) is 4.79 Å². The third-order valence-corrected chi connectivity index (χ3v) is 4.77. The highest BCUT2D eigenvalue weighted by atomic mass is 79.9. The Morgan fingerprint density at radius 3 is 1.44 bits per heavy atom. The number of methoxy groups -OCH3 is 1. The molecule has 0 fully saturated rings. The number of carbonyl (C=O) groups excluding carboxylic acids is 1. The minimum Gasteiger partial charge on any atom is -0.465 e.